The molecule has 0 saturated carbocycles. The summed E-state index contributed by atoms with van der Waals surface area (Å²) in [5.74, 6) is -0.175. The minimum Gasteiger partial charge on any atom is -0.351 e. The summed E-state index contributed by atoms with van der Waals surface area (Å²) < 4.78 is 13.3. The largest absolute Gasteiger partial charge is 0.351 e. The van der Waals surface area contributed by atoms with E-state index in [0.29, 0.717) is 26.1 Å². The molecule has 2 unspecified atom stereocenters. The van der Waals surface area contributed by atoms with Gasteiger partial charge in [0.05, 0.1) is 12.0 Å². The highest BCUT2D eigenvalue weighted by molar-refractivity contribution is 5.83. The van der Waals surface area contributed by atoms with Crippen LogP contribution in [0.25, 0.3) is 0 Å². The number of nitrogens with one attached hydrogen (secondary N) is 1. The van der Waals surface area contributed by atoms with Crippen molar-refractivity contribution < 1.29 is 14.0 Å². The van der Waals surface area contributed by atoms with Crippen LogP contribution in [0.2, 0.25) is 0 Å². The lowest BCUT2D eigenvalue weighted by Gasteiger charge is -2.32. The molecule has 1 aromatic rings. The molecule has 24 heavy (non-hydrogen) atoms. The van der Waals surface area contributed by atoms with Gasteiger partial charge in [-0.25, -0.2) is 4.39 Å². The molecular weight excluding hydrogens is 309 g/mol. The predicted molar refractivity (Wildman–Crippen MR) is 88.6 cm³/mol. The van der Waals surface area contributed by atoms with Gasteiger partial charge in [-0.3, -0.25) is 14.5 Å². The Morgan fingerprint density at radius 2 is 2.21 bits per heavy atom. The number of carbonyl (C=O) groups excluding carboxylic acids is 2. The maximum atomic E-state index is 13.3. The molecule has 0 aliphatic carbocycles. The number of hydrogen-bond donors (Lipinski definition) is 1. The SMILES string of the molecule is CN1CC(NC(=O)C2CCCN(Cc3cccc(F)c3)C2)CC1=O. The molecule has 5 nitrogen and oxygen atoms in total. The fourth-order valence-electron chi connectivity index (χ4n) is 3.59. The first-order valence-electron chi connectivity index (χ1n) is 8.52. The van der Waals surface area contributed by atoms with Crippen molar-refractivity contribution in [3.63, 3.8) is 0 Å². The summed E-state index contributed by atoms with van der Waals surface area (Å²) in [6.45, 7) is 2.85. The van der Waals surface area contributed by atoms with Crippen molar-refractivity contribution in [2.75, 3.05) is 26.7 Å². The second-order valence-corrected chi connectivity index (χ2v) is 6.89. The van der Waals surface area contributed by atoms with Crippen molar-refractivity contribution in [2.24, 2.45) is 5.92 Å². The normalized spacial score (nSPS) is 25.1. The zero-order valence-electron chi connectivity index (χ0n) is 14.0. The number of halogens is 1. The molecule has 6 heteroatoms. The fraction of sp³-hybridized carbons (Fsp3) is 0.556. The van der Waals surface area contributed by atoms with Crippen LogP contribution in [0, 0.1) is 11.7 Å². The first-order valence-corrected chi connectivity index (χ1v) is 8.52. The molecule has 0 bridgehead atoms. The van der Waals surface area contributed by atoms with Gasteiger partial charge in [0.2, 0.25) is 11.8 Å². The van der Waals surface area contributed by atoms with Crippen molar-refractivity contribution >= 4 is 11.8 Å². The third-order valence-electron chi connectivity index (χ3n) is 4.86. The number of carbonyl (C=O) groups is 2. The van der Waals surface area contributed by atoms with E-state index >= 15 is 0 Å². The summed E-state index contributed by atoms with van der Waals surface area (Å²) in [6, 6.07) is 6.53. The van der Waals surface area contributed by atoms with E-state index in [1.807, 2.05) is 6.07 Å². The standard InChI is InChI=1S/C18H24FN3O2/c1-21-12-16(9-17(21)23)20-18(24)14-5-3-7-22(11-14)10-13-4-2-6-15(19)8-13/h2,4,6,8,14,16H,3,5,7,9-12H2,1H3,(H,20,24). The molecule has 0 radical (unpaired) electrons. The van der Waals surface area contributed by atoms with Gasteiger partial charge in [0.1, 0.15) is 5.82 Å². The van der Waals surface area contributed by atoms with E-state index in [0.717, 1.165) is 24.9 Å². The quantitative estimate of drug-likeness (QED) is 0.906. The zero-order valence-corrected chi connectivity index (χ0v) is 14.0. The van der Waals surface area contributed by atoms with Crippen LogP contribution in [0.4, 0.5) is 4.39 Å². The first kappa shape index (κ1) is 16.9. The van der Waals surface area contributed by atoms with Crippen molar-refractivity contribution in [1.29, 1.82) is 0 Å². The fourth-order valence-corrected chi connectivity index (χ4v) is 3.59. The molecule has 2 amide bonds. The van der Waals surface area contributed by atoms with Gasteiger partial charge >= 0.3 is 0 Å². The van der Waals surface area contributed by atoms with Crippen LogP contribution in [-0.4, -0.2) is 54.3 Å². The minimum absolute atomic E-state index is 0.0343. The Bertz CT molecular complexity index is 622. The van der Waals surface area contributed by atoms with E-state index in [9.17, 15) is 14.0 Å². The molecular formula is C18H24FN3O2. The molecule has 2 aliphatic rings. The summed E-state index contributed by atoms with van der Waals surface area (Å²) in [6.07, 6.45) is 2.21. The van der Waals surface area contributed by atoms with Gasteiger partial charge in [0, 0.05) is 33.1 Å². The third-order valence-corrected chi connectivity index (χ3v) is 4.86. The van der Waals surface area contributed by atoms with E-state index in [-0.39, 0.29) is 29.6 Å². The van der Waals surface area contributed by atoms with Crippen molar-refractivity contribution in [3.05, 3.63) is 35.6 Å². The summed E-state index contributed by atoms with van der Waals surface area (Å²) in [4.78, 5) is 27.9. The van der Waals surface area contributed by atoms with Crippen molar-refractivity contribution in [2.45, 2.75) is 31.8 Å². The number of piperidine rings is 1. The highest BCUT2D eigenvalue weighted by Crippen LogP contribution is 2.20. The lowest BCUT2D eigenvalue weighted by Crippen LogP contribution is -2.46. The summed E-state index contributed by atoms with van der Waals surface area (Å²) in [5, 5.41) is 3.01. The van der Waals surface area contributed by atoms with Crippen LogP contribution in [-0.2, 0) is 16.1 Å². The Morgan fingerprint density at radius 1 is 1.38 bits per heavy atom. The third kappa shape index (κ3) is 4.12. The van der Waals surface area contributed by atoms with Crippen LogP contribution in [0.15, 0.2) is 24.3 Å². The molecule has 3 rings (SSSR count). The maximum Gasteiger partial charge on any atom is 0.224 e. The maximum absolute atomic E-state index is 13.3. The van der Waals surface area contributed by atoms with Crippen molar-refractivity contribution in [1.82, 2.24) is 15.1 Å². The molecule has 1 N–H and O–H groups in total. The van der Waals surface area contributed by atoms with Crippen LogP contribution in [0.1, 0.15) is 24.8 Å². The minimum atomic E-state index is -0.228. The lowest BCUT2D eigenvalue weighted by atomic mass is 9.96. The Morgan fingerprint density at radius 3 is 2.92 bits per heavy atom. The van der Waals surface area contributed by atoms with E-state index < -0.39 is 0 Å². The number of amides is 2. The number of hydrogen-bond acceptors (Lipinski definition) is 3. The number of benzene rings is 1. The molecule has 2 atom stereocenters. The molecule has 2 saturated heterocycles. The highest BCUT2D eigenvalue weighted by atomic mass is 19.1. The molecule has 0 aromatic heterocycles. The number of likely N-dealkylation sites (tertiary alicyclic amines) is 2. The van der Waals surface area contributed by atoms with Gasteiger partial charge in [-0.15, -0.1) is 0 Å². The van der Waals surface area contributed by atoms with Gasteiger partial charge in [-0.1, -0.05) is 12.1 Å². The summed E-state index contributed by atoms with van der Waals surface area (Å²) in [5.41, 5.74) is 0.930. The summed E-state index contributed by atoms with van der Waals surface area (Å²) in [7, 11) is 1.76. The second kappa shape index (κ2) is 7.30. The smallest absolute Gasteiger partial charge is 0.224 e. The topological polar surface area (TPSA) is 52.7 Å². The van der Waals surface area contributed by atoms with Crippen molar-refractivity contribution in [3.8, 4) is 0 Å². The number of rotatable bonds is 4. The zero-order chi connectivity index (χ0) is 17.1. The average Bonchev–Trinajstić information content (AvgIpc) is 2.85. The molecule has 2 fully saturated rings. The van der Waals surface area contributed by atoms with Gasteiger partial charge in [-0.2, -0.15) is 0 Å². The Kier molecular flexibility index (Phi) is 5.14. The Labute approximate surface area is 141 Å². The van der Waals surface area contributed by atoms with E-state index in [2.05, 4.69) is 10.2 Å². The molecule has 2 aliphatic heterocycles. The highest BCUT2D eigenvalue weighted by Gasteiger charge is 2.31. The van der Waals surface area contributed by atoms with Crippen LogP contribution in [0.5, 0.6) is 0 Å². The lowest BCUT2D eigenvalue weighted by molar-refractivity contribution is -0.127. The molecule has 0 spiro atoms. The monoisotopic (exact) mass is 333 g/mol. The molecule has 130 valence electrons. The predicted octanol–water partition coefficient (Wildman–Crippen LogP) is 1.38. The van der Waals surface area contributed by atoms with Crippen LogP contribution in [0.3, 0.4) is 0 Å². The molecule has 2 heterocycles. The van der Waals surface area contributed by atoms with Crippen LogP contribution >= 0.6 is 0 Å². The summed E-state index contributed by atoms with van der Waals surface area (Å²) >= 11 is 0. The van der Waals surface area contributed by atoms with E-state index in [1.54, 1.807) is 24.1 Å². The first-order chi connectivity index (χ1) is 11.5. The Balaban J connectivity index is 1.53. The Hall–Kier alpha value is -1.95. The van der Waals surface area contributed by atoms with E-state index in [1.165, 1.54) is 6.07 Å². The van der Waals surface area contributed by atoms with E-state index in [4.69, 9.17) is 0 Å². The number of nitrogens with zero attached hydrogens (tertiary/aromatic N) is 2. The van der Waals surface area contributed by atoms with Gasteiger partial charge in [0.25, 0.3) is 0 Å². The van der Waals surface area contributed by atoms with Gasteiger partial charge < -0.3 is 10.2 Å². The molecule has 1 aromatic carbocycles. The number of likely N-dealkylation sites (N-methyl/N-ethyl adjacent to an activating group) is 1. The van der Waals surface area contributed by atoms with Gasteiger partial charge in [-0.05, 0) is 37.1 Å². The van der Waals surface area contributed by atoms with Gasteiger partial charge in [0.15, 0.2) is 0 Å². The second-order valence-electron chi connectivity index (χ2n) is 6.89. The average molecular weight is 333 g/mol. The van der Waals surface area contributed by atoms with Crippen LogP contribution < -0.4 is 5.32 Å².